The number of primary amides is 1. The van der Waals surface area contributed by atoms with E-state index in [4.69, 9.17) is 5.73 Å². The van der Waals surface area contributed by atoms with Gasteiger partial charge in [0.05, 0.1) is 17.5 Å². The van der Waals surface area contributed by atoms with E-state index in [1.165, 1.54) is 6.07 Å². The van der Waals surface area contributed by atoms with Crippen molar-refractivity contribution in [2.75, 3.05) is 14.1 Å². The number of Topliss-reactive ketones (excluding diaryl/α,β-unsaturated/α-hetero) is 3. The first-order chi connectivity index (χ1) is 17.0. The predicted molar refractivity (Wildman–Crippen MR) is 133 cm³/mol. The van der Waals surface area contributed by atoms with Gasteiger partial charge in [-0.1, -0.05) is 32.8 Å². The second kappa shape index (κ2) is 9.71. The van der Waals surface area contributed by atoms with Crippen LogP contribution in [0, 0.1) is 29.6 Å². The number of phenolic OH excluding ortho intramolecular Hbond substituents is 1. The number of ketones is 3. The third-order valence-corrected chi connectivity index (χ3v) is 9.14. The van der Waals surface area contributed by atoms with E-state index in [2.05, 4.69) is 13.8 Å². The number of likely N-dealkylation sites (N-methyl/N-ethyl adjacent to an activating group) is 1. The Labute approximate surface area is 212 Å². The number of nitrogens with zero attached hydrogens (tertiary/aromatic N) is 1. The van der Waals surface area contributed by atoms with Crippen LogP contribution in [0.5, 0.6) is 5.75 Å². The summed E-state index contributed by atoms with van der Waals surface area (Å²) in [7, 11) is 3.36. The molecule has 2 fully saturated rings. The van der Waals surface area contributed by atoms with Crippen LogP contribution in [0.25, 0.3) is 0 Å². The number of aliphatic hydroxyl groups is 1. The van der Waals surface area contributed by atoms with Crippen LogP contribution in [-0.2, 0) is 27.2 Å². The van der Waals surface area contributed by atoms with E-state index in [0.717, 1.165) is 36.8 Å². The molecule has 1 aromatic carbocycles. The molecule has 0 aliphatic heterocycles. The molecule has 6 atom stereocenters. The van der Waals surface area contributed by atoms with Gasteiger partial charge in [0.1, 0.15) is 17.3 Å². The number of phenols is 1. The first-order valence-electron chi connectivity index (χ1n) is 13.1. The lowest BCUT2D eigenvalue weighted by Gasteiger charge is -2.53. The van der Waals surface area contributed by atoms with Gasteiger partial charge in [-0.25, -0.2) is 0 Å². The Bertz CT molecular complexity index is 1090. The summed E-state index contributed by atoms with van der Waals surface area (Å²) < 4.78 is 0. The smallest absolute Gasteiger partial charge is 0.228 e. The lowest BCUT2D eigenvalue weighted by molar-refractivity contribution is -0.176. The molecule has 1 amide bonds. The lowest BCUT2D eigenvalue weighted by atomic mass is 9.52. The van der Waals surface area contributed by atoms with Crippen molar-refractivity contribution in [3.05, 3.63) is 28.8 Å². The Hall–Kier alpha value is -2.58. The SMILES string of the molecule is CCC(CC)CCc1ccc(O)c2c1CC1CC3C(N(C)C)C(=O)C(C(N)=O)CC3(O)C(=O)C1C2=O. The van der Waals surface area contributed by atoms with Gasteiger partial charge in [-0.15, -0.1) is 0 Å². The monoisotopic (exact) mass is 498 g/mol. The average molecular weight is 499 g/mol. The molecule has 1 aromatic rings. The fourth-order valence-electron chi connectivity index (χ4n) is 7.07. The average Bonchev–Trinajstić information content (AvgIpc) is 2.81. The minimum Gasteiger partial charge on any atom is -0.507 e. The second-order valence-electron chi connectivity index (χ2n) is 11.2. The highest BCUT2D eigenvalue weighted by Gasteiger charge is 2.64. The molecule has 0 bridgehead atoms. The Balaban J connectivity index is 1.75. The molecule has 4 N–H and O–H groups in total. The number of fused-ring (bicyclic) bond motifs is 3. The number of carbonyl (C=O) groups excluding carboxylic acids is 4. The summed E-state index contributed by atoms with van der Waals surface area (Å²) in [6, 6.07) is 2.53. The number of aryl methyl sites for hydroxylation is 1. The highest BCUT2D eigenvalue weighted by Crippen LogP contribution is 2.52. The van der Waals surface area contributed by atoms with E-state index < -0.39 is 59.2 Å². The van der Waals surface area contributed by atoms with Crippen LogP contribution in [0.4, 0.5) is 0 Å². The number of carbonyl (C=O) groups is 4. The number of hydrogen-bond donors (Lipinski definition) is 3. The van der Waals surface area contributed by atoms with Crippen molar-refractivity contribution in [1.29, 1.82) is 0 Å². The minimum absolute atomic E-state index is 0.151. The van der Waals surface area contributed by atoms with Crippen LogP contribution in [-0.4, -0.2) is 64.1 Å². The first-order valence-corrected chi connectivity index (χ1v) is 13.1. The Morgan fingerprint density at radius 3 is 2.44 bits per heavy atom. The lowest BCUT2D eigenvalue weighted by Crippen LogP contribution is -2.69. The highest BCUT2D eigenvalue weighted by molar-refractivity contribution is 6.17. The Morgan fingerprint density at radius 2 is 1.86 bits per heavy atom. The van der Waals surface area contributed by atoms with Gasteiger partial charge in [0.25, 0.3) is 0 Å². The molecular formula is C28H38N2O6. The third kappa shape index (κ3) is 4.08. The van der Waals surface area contributed by atoms with Gasteiger partial charge < -0.3 is 15.9 Å². The fourth-order valence-corrected chi connectivity index (χ4v) is 7.07. The molecule has 8 nitrogen and oxygen atoms in total. The molecule has 0 heterocycles. The molecule has 0 aromatic heterocycles. The molecular weight excluding hydrogens is 460 g/mol. The minimum atomic E-state index is -2.01. The summed E-state index contributed by atoms with van der Waals surface area (Å²) >= 11 is 0. The summed E-state index contributed by atoms with van der Waals surface area (Å²) in [5.41, 5.74) is 5.43. The molecule has 3 aliphatic carbocycles. The van der Waals surface area contributed by atoms with Gasteiger partial charge in [-0.3, -0.25) is 24.1 Å². The van der Waals surface area contributed by atoms with Crippen molar-refractivity contribution in [2.24, 2.45) is 35.3 Å². The topological polar surface area (TPSA) is 138 Å². The Morgan fingerprint density at radius 1 is 1.19 bits per heavy atom. The summed E-state index contributed by atoms with van der Waals surface area (Å²) in [5.74, 6) is -5.55. The van der Waals surface area contributed by atoms with Crippen LogP contribution < -0.4 is 5.73 Å². The van der Waals surface area contributed by atoms with Crippen molar-refractivity contribution >= 4 is 23.3 Å². The van der Waals surface area contributed by atoms with Gasteiger partial charge in [0.15, 0.2) is 17.3 Å². The summed E-state index contributed by atoms with van der Waals surface area (Å²) in [6.07, 6.45) is 4.20. The van der Waals surface area contributed by atoms with Gasteiger partial charge in [0.2, 0.25) is 5.91 Å². The maximum atomic E-state index is 13.8. The van der Waals surface area contributed by atoms with Crippen LogP contribution in [0.2, 0.25) is 0 Å². The van der Waals surface area contributed by atoms with Crippen LogP contribution >= 0.6 is 0 Å². The van der Waals surface area contributed by atoms with E-state index in [1.807, 2.05) is 6.07 Å². The van der Waals surface area contributed by atoms with E-state index in [1.54, 1.807) is 19.0 Å². The maximum absolute atomic E-state index is 13.8. The normalized spacial score (nSPS) is 31.9. The number of nitrogens with two attached hydrogens (primary N) is 1. The zero-order valence-electron chi connectivity index (χ0n) is 21.6. The maximum Gasteiger partial charge on any atom is 0.228 e. The molecule has 6 unspecified atom stereocenters. The van der Waals surface area contributed by atoms with Gasteiger partial charge in [-0.2, -0.15) is 0 Å². The van der Waals surface area contributed by atoms with Crippen LogP contribution in [0.15, 0.2) is 12.1 Å². The van der Waals surface area contributed by atoms with Crippen molar-refractivity contribution < 1.29 is 29.4 Å². The summed E-state index contributed by atoms with van der Waals surface area (Å²) in [4.78, 5) is 54.4. The zero-order chi connectivity index (χ0) is 26.5. The number of benzene rings is 1. The fraction of sp³-hybridized carbons (Fsp3) is 0.643. The quantitative estimate of drug-likeness (QED) is 0.489. The van der Waals surface area contributed by atoms with Gasteiger partial charge >= 0.3 is 0 Å². The number of amides is 1. The molecule has 2 saturated carbocycles. The standard InChI is InChI=1S/C28H38N2O6/c1-5-14(6-2)7-8-15-9-10-20(31)22-17(15)11-16-12-19-23(30(3)4)24(32)18(27(29)35)13-28(19,36)26(34)21(16)25(22)33/h9-10,14,16,18-19,21,23,31,36H,5-8,11-13H2,1-4H3,(H2,29,35). The molecule has 36 heavy (non-hydrogen) atoms. The van der Waals surface area contributed by atoms with E-state index in [0.29, 0.717) is 18.8 Å². The first kappa shape index (κ1) is 26.5. The molecule has 4 rings (SSSR count). The van der Waals surface area contributed by atoms with E-state index in [9.17, 15) is 29.4 Å². The number of aromatic hydroxyl groups is 1. The number of hydrogen-bond acceptors (Lipinski definition) is 7. The number of rotatable bonds is 7. The zero-order valence-corrected chi connectivity index (χ0v) is 21.6. The molecule has 0 spiro atoms. The van der Waals surface area contributed by atoms with Crippen molar-refractivity contribution in [3.63, 3.8) is 0 Å². The van der Waals surface area contributed by atoms with Crippen molar-refractivity contribution in [1.82, 2.24) is 4.90 Å². The van der Waals surface area contributed by atoms with Crippen LogP contribution in [0.3, 0.4) is 0 Å². The van der Waals surface area contributed by atoms with Crippen LogP contribution in [0.1, 0.15) is 67.4 Å². The summed E-state index contributed by atoms with van der Waals surface area (Å²) in [6.45, 7) is 4.33. The molecule has 196 valence electrons. The molecule has 0 radical (unpaired) electrons. The molecule has 0 saturated heterocycles. The second-order valence-corrected chi connectivity index (χ2v) is 11.2. The molecule has 8 heteroatoms. The van der Waals surface area contributed by atoms with E-state index in [-0.39, 0.29) is 17.1 Å². The largest absolute Gasteiger partial charge is 0.507 e. The summed E-state index contributed by atoms with van der Waals surface area (Å²) in [5, 5.41) is 22.3. The Kier molecular flexibility index (Phi) is 7.14. The third-order valence-electron chi connectivity index (χ3n) is 9.14. The van der Waals surface area contributed by atoms with Gasteiger partial charge in [0, 0.05) is 12.3 Å². The van der Waals surface area contributed by atoms with Crippen molar-refractivity contribution in [2.45, 2.75) is 70.4 Å². The molecule has 3 aliphatic rings. The van der Waals surface area contributed by atoms with Gasteiger partial charge in [-0.05, 0) is 68.8 Å². The van der Waals surface area contributed by atoms with E-state index >= 15 is 0 Å². The van der Waals surface area contributed by atoms with Crippen molar-refractivity contribution in [3.8, 4) is 5.75 Å². The predicted octanol–water partition coefficient (Wildman–Crippen LogP) is 2.06. The highest BCUT2D eigenvalue weighted by atomic mass is 16.3.